The fourth-order valence-corrected chi connectivity index (χ4v) is 1.49. The van der Waals surface area contributed by atoms with Crippen LogP contribution in [0.15, 0.2) is 4.99 Å². The van der Waals surface area contributed by atoms with Gasteiger partial charge in [-0.05, 0) is 44.2 Å². The number of hydrogen-bond donors (Lipinski definition) is 4. The Kier molecular flexibility index (Phi) is 14.8. The molecule has 0 saturated heterocycles. The van der Waals surface area contributed by atoms with Crippen molar-refractivity contribution in [3.8, 4) is 0 Å². The van der Waals surface area contributed by atoms with Gasteiger partial charge in [0.2, 0.25) is 0 Å². The highest BCUT2D eigenvalue weighted by atomic mass is 35.5. The molecule has 0 fully saturated rings. The summed E-state index contributed by atoms with van der Waals surface area (Å²) in [5.41, 5.74) is 1.92. The number of aliphatic imine (C=N–C) groups is 1. The molecule has 1 atom stereocenters. The van der Waals surface area contributed by atoms with E-state index in [9.17, 15) is 9.59 Å². The predicted molar refractivity (Wildman–Crippen MR) is 83.4 cm³/mol. The van der Waals surface area contributed by atoms with E-state index in [1.807, 2.05) is 5.48 Å². The van der Waals surface area contributed by atoms with Crippen LogP contribution < -0.4 is 10.8 Å². The topological polar surface area (TPSA) is 120 Å². The summed E-state index contributed by atoms with van der Waals surface area (Å²) in [7, 11) is 0. The third kappa shape index (κ3) is 12.4. The molecule has 0 heterocycles. The van der Waals surface area contributed by atoms with Gasteiger partial charge in [-0.2, -0.15) is 0 Å². The Morgan fingerprint density at radius 2 is 2.05 bits per heavy atom. The molecule has 0 aliphatic rings. The lowest BCUT2D eigenvalue weighted by Crippen LogP contribution is -2.38. The number of amidine groups is 1. The van der Waals surface area contributed by atoms with Gasteiger partial charge in [-0.3, -0.25) is 25.8 Å². The van der Waals surface area contributed by atoms with Crippen molar-refractivity contribution in [3.63, 3.8) is 0 Å². The van der Waals surface area contributed by atoms with Gasteiger partial charge in [0.25, 0.3) is 0 Å². The summed E-state index contributed by atoms with van der Waals surface area (Å²) in [4.78, 5) is 25.8. The molecule has 0 saturated carbocycles. The Labute approximate surface area is 134 Å². The first-order chi connectivity index (χ1) is 9.51. The second-order valence-corrected chi connectivity index (χ2v) is 4.65. The lowest BCUT2D eigenvalue weighted by molar-refractivity contribution is -0.140. The Balaban J connectivity index is 0. The first-order valence-corrected chi connectivity index (χ1v) is 7.31. The molecule has 21 heavy (non-hydrogen) atoms. The first-order valence-electron chi connectivity index (χ1n) is 6.09. The first kappa shape index (κ1) is 22.3. The van der Waals surface area contributed by atoms with Crippen LogP contribution in [0.25, 0.3) is 0 Å². The van der Waals surface area contributed by atoms with Crippen molar-refractivity contribution in [1.82, 2.24) is 10.8 Å². The zero-order valence-electron chi connectivity index (χ0n) is 12.0. The van der Waals surface area contributed by atoms with Gasteiger partial charge in [-0.1, -0.05) is 0 Å². The summed E-state index contributed by atoms with van der Waals surface area (Å²) in [5, 5.41) is 19.7. The number of carbonyl (C=O) groups is 2. The van der Waals surface area contributed by atoms with E-state index < -0.39 is 17.3 Å². The molecule has 0 aliphatic carbocycles. The third-order valence-electron chi connectivity index (χ3n) is 2.40. The zero-order valence-corrected chi connectivity index (χ0v) is 13.6. The van der Waals surface area contributed by atoms with E-state index in [1.165, 1.54) is 0 Å². The molecule has 8 nitrogen and oxygen atoms in total. The predicted octanol–water partition coefficient (Wildman–Crippen LogP) is 1.48. The molecular weight excluding hydrogens is 322 g/mol. The second kappa shape index (κ2) is 13.9. The average Bonchev–Trinajstić information content (AvgIpc) is 2.43. The molecule has 0 bridgehead atoms. The van der Waals surface area contributed by atoms with Gasteiger partial charge in [-0.15, -0.1) is 12.4 Å². The lowest BCUT2D eigenvalue weighted by Gasteiger charge is -2.13. The van der Waals surface area contributed by atoms with Gasteiger partial charge in [0.05, 0.1) is 0 Å². The number of hydroxylamine groups is 1. The quantitative estimate of drug-likeness (QED) is 0.124. The van der Waals surface area contributed by atoms with Crippen molar-refractivity contribution in [2.45, 2.75) is 32.2 Å². The van der Waals surface area contributed by atoms with E-state index in [0.717, 1.165) is 11.8 Å². The molecule has 0 aromatic rings. The number of carbonyl (C=O) groups excluding carboxylic acids is 1. The molecule has 0 unspecified atom stereocenters. The van der Waals surface area contributed by atoms with Crippen LogP contribution in [0.5, 0.6) is 0 Å². The number of carboxylic acids is 1. The highest BCUT2D eigenvalue weighted by Gasteiger charge is 2.16. The van der Waals surface area contributed by atoms with Crippen molar-refractivity contribution in [2.75, 3.05) is 19.5 Å². The number of hydrogen-bond acceptors (Lipinski definition) is 7. The van der Waals surface area contributed by atoms with E-state index in [-0.39, 0.29) is 19.1 Å². The molecule has 0 aliphatic heterocycles. The van der Waals surface area contributed by atoms with Crippen LogP contribution in [-0.4, -0.2) is 53.0 Å². The van der Waals surface area contributed by atoms with E-state index in [2.05, 4.69) is 10.3 Å². The maximum atomic E-state index is 11.0. The fourth-order valence-electron chi connectivity index (χ4n) is 1.32. The number of thioether (sulfide) groups is 1. The highest BCUT2D eigenvalue weighted by molar-refractivity contribution is 8.12. The van der Waals surface area contributed by atoms with Crippen LogP contribution in [0.1, 0.15) is 26.2 Å². The number of rotatable bonds is 9. The Morgan fingerprint density at radius 3 is 2.57 bits per heavy atom. The average molecular weight is 344 g/mol. The van der Waals surface area contributed by atoms with Crippen LogP contribution in [-0.2, 0) is 9.53 Å². The number of ether oxygens (including phenoxy) is 1. The van der Waals surface area contributed by atoms with Gasteiger partial charge in [0.1, 0.15) is 18.6 Å². The van der Waals surface area contributed by atoms with Gasteiger partial charge >= 0.3 is 11.3 Å². The minimum Gasteiger partial charge on any atom is -0.480 e. The van der Waals surface area contributed by atoms with E-state index >= 15 is 0 Å². The van der Waals surface area contributed by atoms with E-state index in [0.29, 0.717) is 31.6 Å². The van der Waals surface area contributed by atoms with E-state index in [1.54, 1.807) is 13.2 Å². The van der Waals surface area contributed by atoms with Gasteiger partial charge in [0, 0.05) is 6.54 Å². The van der Waals surface area contributed by atoms with Gasteiger partial charge in [-0.25, -0.2) is 4.79 Å². The number of aliphatic carboxylic acids is 1. The molecule has 0 spiro atoms. The van der Waals surface area contributed by atoms with Crippen LogP contribution in [0.3, 0.4) is 0 Å². The maximum Gasteiger partial charge on any atom is 0.368 e. The Hall–Kier alpha value is -1.03. The van der Waals surface area contributed by atoms with Crippen LogP contribution in [0, 0.1) is 0 Å². The summed E-state index contributed by atoms with van der Waals surface area (Å²) in [5.74, 6) is -0.566. The standard InChI is InChI=1S/C11H21N3O5S.ClH/c1-8(14-18)12-6-4-3-5-9(10(15)16)13-7-19-11(17)20-2;/h9,13,18H,3-7H2,1-2H3,(H,12,14)(H,15,16);1H/t9-;/m0./s1. The molecule has 0 rings (SSSR count). The fraction of sp³-hybridized carbons (Fsp3) is 0.727. The smallest absolute Gasteiger partial charge is 0.368 e. The summed E-state index contributed by atoms with van der Waals surface area (Å²) in [6.45, 7) is 2.01. The summed E-state index contributed by atoms with van der Waals surface area (Å²) < 4.78 is 4.74. The number of carboxylic acid groups (broad SMARTS) is 1. The molecule has 0 amide bonds. The molecule has 4 N–H and O–H groups in total. The maximum absolute atomic E-state index is 11.0. The van der Waals surface area contributed by atoms with Crippen LogP contribution in [0.2, 0.25) is 0 Å². The number of halogens is 1. The minimum atomic E-state index is -0.984. The minimum absolute atomic E-state index is 0. The zero-order chi connectivity index (χ0) is 15.4. The van der Waals surface area contributed by atoms with Gasteiger partial charge in [0.15, 0.2) is 0 Å². The summed E-state index contributed by atoms with van der Waals surface area (Å²) in [6.07, 6.45) is 3.35. The lowest BCUT2D eigenvalue weighted by atomic mass is 10.1. The Morgan fingerprint density at radius 1 is 1.38 bits per heavy atom. The number of unbranched alkanes of at least 4 members (excludes halogenated alkanes) is 1. The molecule has 10 heteroatoms. The van der Waals surface area contributed by atoms with Crippen molar-refractivity contribution in [3.05, 3.63) is 0 Å². The molecule has 0 aromatic carbocycles. The summed E-state index contributed by atoms with van der Waals surface area (Å²) >= 11 is 0.924. The molecule has 0 aromatic heterocycles. The van der Waals surface area contributed by atoms with Crippen molar-refractivity contribution >= 4 is 41.3 Å². The number of nitrogens with one attached hydrogen (secondary N) is 2. The normalized spacial score (nSPS) is 12.2. The van der Waals surface area contributed by atoms with E-state index in [4.69, 9.17) is 15.1 Å². The van der Waals surface area contributed by atoms with Crippen LogP contribution >= 0.6 is 24.2 Å². The summed E-state index contributed by atoms with van der Waals surface area (Å²) in [6, 6.07) is -0.759. The largest absolute Gasteiger partial charge is 0.480 e. The van der Waals surface area contributed by atoms with Crippen LogP contribution in [0.4, 0.5) is 4.79 Å². The molecule has 124 valence electrons. The SMILES string of the molecule is CSC(=O)OCN[C@@H](CCCCN=C(C)NO)C(=O)O.Cl. The van der Waals surface area contributed by atoms with Crippen molar-refractivity contribution < 1.29 is 24.6 Å². The third-order valence-corrected chi connectivity index (χ3v) is 2.85. The second-order valence-electron chi connectivity index (χ2n) is 3.91. The number of nitrogens with zero attached hydrogens (tertiary/aromatic N) is 1. The van der Waals surface area contributed by atoms with Crippen molar-refractivity contribution in [2.24, 2.45) is 4.99 Å². The monoisotopic (exact) mass is 343 g/mol. The highest BCUT2D eigenvalue weighted by Crippen LogP contribution is 2.03. The molecular formula is C11H22ClN3O5S. The van der Waals surface area contributed by atoms with Gasteiger partial charge < -0.3 is 9.84 Å². The van der Waals surface area contributed by atoms with Crippen molar-refractivity contribution in [1.29, 1.82) is 0 Å². The molecule has 0 radical (unpaired) electrons. The Bertz CT molecular complexity index is 344.